The van der Waals surface area contributed by atoms with Crippen LogP contribution in [0.1, 0.15) is 31.5 Å². The van der Waals surface area contributed by atoms with Gasteiger partial charge in [0.25, 0.3) is 0 Å². The molecule has 0 saturated carbocycles. The number of rotatable bonds is 6. The topological polar surface area (TPSA) is 87.7 Å². The fraction of sp³-hybridized carbons (Fsp3) is 0.619. The zero-order chi connectivity index (χ0) is 19.5. The van der Waals surface area contributed by atoms with Gasteiger partial charge in [-0.05, 0) is 49.8 Å². The van der Waals surface area contributed by atoms with Gasteiger partial charge < -0.3 is 19.6 Å². The summed E-state index contributed by atoms with van der Waals surface area (Å²) in [5, 5.41) is 9.37. The van der Waals surface area contributed by atoms with Crippen molar-refractivity contribution < 1.29 is 19.4 Å². The summed E-state index contributed by atoms with van der Waals surface area (Å²) >= 11 is 0. The normalized spacial score (nSPS) is 24.5. The lowest BCUT2D eigenvalue weighted by atomic mass is 9.80. The van der Waals surface area contributed by atoms with Gasteiger partial charge in [0.1, 0.15) is 11.6 Å². The molecule has 2 N–H and O–H groups in total. The first-order valence-electron chi connectivity index (χ1n) is 10.2. The Kier molecular flexibility index (Phi) is 5.82. The van der Waals surface area contributed by atoms with Gasteiger partial charge in [0.05, 0.1) is 18.1 Å². The predicted molar refractivity (Wildman–Crippen MR) is 106 cm³/mol. The second kappa shape index (κ2) is 8.49. The number of aromatic nitrogens is 2. The molecule has 0 spiro atoms. The van der Waals surface area contributed by atoms with Crippen LogP contribution in [0.4, 0.5) is 0 Å². The van der Waals surface area contributed by atoms with E-state index in [0.717, 1.165) is 74.6 Å². The van der Waals surface area contributed by atoms with E-state index in [4.69, 9.17) is 14.5 Å². The van der Waals surface area contributed by atoms with Crippen LogP contribution in [-0.4, -0.2) is 65.4 Å². The number of carboxylic acids is 1. The number of H-pyrrole nitrogens is 1. The fourth-order valence-corrected chi connectivity index (χ4v) is 4.73. The molecule has 2 fully saturated rings. The van der Waals surface area contributed by atoms with Crippen LogP contribution in [0.15, 0.2) is 18.2 Å². The van der Waals surface area contributed by atoms with Crippen molar-refractivity contribution in [1.29, 1.82) is 0 Å². The first-order valence-corrected chi connectivity index (χ1v) is 10.2. The number of methoxy groups -OCH3 is 1. The number of fused-ring (bicyclic) bond motifs is 1. The number of aromatic amines is 1. The van der Waals surface area contributed by atoms with Crippen LogP contribution >= 0.6 is 0 Å². The maximum Gasteiger partial charge on any atom is 0.303 e. The Labute approximate surface area is 165 Å². The van der Waals surface area contributed by atoms with E-state index in [0.29, 0.717) is 6.04 Å². The van der Waals surface area contributed by atoms with Crippen molar-refractivity contribution in [3.63, 3.8) is 0 Å². The second-order valence-electron chi connectivity index (χ2n) is 8.02. The molecular weight excluding hydrogens is 358 g/mol. The lowest BCUT2D eigenvalue weighted by Gasteiger charge is -2.43. The molecule has 2 aliphatic heterocycles. The van der Waals surface area contributed by atoms with Crippen LogP contribution in [0.5, 0.6) is 5.75 Å². The smallest absolute Gasteiger partial charge is 0.303 e. The van der Waals surface area contributed by atoms with Gasteiger partial charge in [0.15, 0.2) is 0 Å². The van der Waals surface area contributed by atoms with Gasteiger partial charge in [-0.2, -0.15) is 0 Å². The summed E-state index contributed by atoms with van der Waals surface area (Å²) in [5.74, 6) is 1.50. The molecule has 152 valence electrons. The van der Waals surface area contributed by atoms with E-state index in [1.807, 2.05) is 18.2 Å². The predicted octanol–water partition coefficient (Wildman–Crippen LogP) is 2.71. The van der Waals surface area contributed by atoms with Gasteiger partial charge in [0, 0.05) is 44.7 Å². The van der Waals surface area contributed by atoms with E-state index >= 15 is 0 Å². The van der Waals surface area contributed by atoms with E-state index < -0.39 is 5.97 Å². The van der Waals surface area contributed by atoms with E-state index in [9.17, 15) is 9.90 Å². The third-order valence-corrected chi connectivity index (χ3v) is 6.26. The summed E-state index contributed by atoms with van der Waals surface area (Å²) in [6.45, 7) is 3.57. The van der Waals surface area contributed by atoms with Crippen molar-refractivity contribution in [2.24, 2.45) is 11.8 Å². The lowest BCUT2D eigenvalue weighted by molar-refractivity contribution is -0.139. The van der Waals surface area contributed by atoms with Gasteiger partial charge in [-0.1, -0.05) is 0 Å². The van der Waals surface area contributed by atoms with Crippen LogP contribution in [0, 0.1) is 11.8 Å². The van der Waals surface area contributed by atoms with Crippen LogP contribution in [0.2, 0.25) is 0 Å². The number of carbonyl (C=O) groups is 1. The number of aliphatic carboxylic acids is 1. The average Bonchev–Trinajstić information content (AvgIpc) is 3.11. The van der Waals surface area contributed by atoms with Crippen molar-refractivity contribution in [3.8, 4) is 5.75 Å². The highest BCUT2D eigenvalue weighted by molar-refractivity contribution is 5.76. The number of ether oxygens (including phenoxy) is 2. The summed E-state index contributed by atoms with van der Waals surface area (Å²) in [4.78, 5) is 22.1. The highest BCUT2D eigenvalue weighted by Crippen LogP contribution is 2.32. The van der Waals surface area contributed by atoms with Gasteiger partial charge in [-0.25, -0.2) is 4.98 Å². The molecular formula is C21H29N3O4. The SMILES string of the molecule is COc1ccc2nc(CC3CN(C4CCOCC4)CCC3CC(=O)O)[nH]c2c1. The van der Waals surface area contributed by atoms with Crippen LogP contribution in [-0.2, 0) is 16.0 Å². The zero-order valence-electron chi connectivity index (χ0n) is 16.4. The standard InChI is InChI=1S/C21H29N3O4/c1-27-17-2-3-18-19(12-17)23-20(22-18)10-15-13-24(16-5-8-28-9-6-16)7-4-14(15)11-21(25)26/h2-3,12,14-16H,4-11,13H2,1H3,(H,22,23)(H,25,26). The van der Waals surface area contributed by atoms with Gasteiger partial charge in [-0.15, -0.1) is 0 Å². The van der Waals surface area contributed by atoms with Crippen LogP contribution in [0.3, 0.4) is 0 Å². The van der Waals surface area contributed by atoms with Crippen LogP contribution in [0.25, 0.3) is 11.0 Å². The van der Waals surface area contributed by atoms with Crippen molar-refractivity contribution in [3.05, 3.63) is 24.0 Å². The number of nitrogens with one attached hydrogen (secondary N) is 1. The Morgan fingerprint density at radius 3 is 2.89 bits per heavy atom. The monoisotopic (exact) mass is 387 g/mol. The summed E-state index contributed by atoms with van der Waals surface area (Å²) in [6.07, 6.45) is 4.08. The van der Waals surface area contributed by atoms with Gasteiger partial charge in [-0.3, -0.25) is 9.69 Å². The number of nitrogens with zero attached hydrogens (tertiary/aromatic N) is 2. The van der Waals surface area contributed by atoms with Crippen molar-refractivity contribution in [1.82, 2.24) is 14.9 Å². The molecule has 2 aromatic rings. The van der Waals surface area contributed by atoms with Crippen LogP contribution < -0.4 is 4.74 Å². The zero-order valence-corrected chi connectivity index (χ0v) is 16.4. The molecule has 7 nitrogen and oxygen atoms in total. The largest absolute Gasteiger partial charge is 0.497 e. The molecule has 1 aromatic heterocycles. The Balaban J connectivity index is 1.51. The van der Waals surface area contributed by atoms with Gasteiger partial charge in [0.2, 0.25) is 0 Å². The highest BCUT2D eigenvalue weighted by atomic mass is 16.5. The fourth-order valence-electron chi connectivity index (χ4n) is 4.73. The highest BCUT2D eigenvalue weighted by Gasteiger charge is 2.34. The minimum atomic E-state index is -0.705. The number of hydrogen-bond donors (Lipinski definition) is 2. The first kappa shape index (κ1) is 19.2. The maximum atomic E-state index is 11.4. The van der Waals surface area contributed by atoms with E-state index in [1.165, 1.54) is 0 Å². The Morgan fingerprint density at radius 2 is 2.14 bits per heavy atom. The Bertz CT molecular complexity index is 815. The quantitative estimate of drug-likeness (QED) is 0.792. The second-order valence-corrected chi connectivity index (χ2v) is 8.02. The number of imidazole rings is 1. The number of carboxylic acid groups (broad SMARTS) is 1. The third kappa shape index (κ3) is 4.31. The summed E-state index contributed by atoms with van der Waals surface area (Å²) in [6, 6.07) is 6.38. The molecule has 2 unspecified atom stereocenters. The van der Waals surface area contributed by atoms with Crippen molar-refractivity contribution >= 4 is 17.0 Å². The van der Waals surface area contributed by atoms with Crippen molar-refractivity contribution in [2.75, 3.05) is 33.4 Å². The summed E-state index contributed by atoms with van der Waals surface area (Å²) in [7, 11) is 1.65. The summed E-state index contributed by atoms with van der Waals surface area (Å²) < 4.78 is 10.8. The van der Waals surface area contributed by atoms with E-state index in [1.54, 1.807) is 7.11 Å². The van der Waals surface area contributed by atoms with Crippen molar-refractivity contribution in [2.45, 2.75) is 38.1 Å². The number of piperidine rings is 1. The maximum absolute atomic E-state index is 11.4. The minimum Gasteiger partial charge on any atom is -0.497 e. The molecule has 2 saturated heterocycles. The van der Waals surface area contributed by atoms with E-state index in [2.05, 4.69) is 9.88 Å². The first-order chi connectivity index (χ1) is 13.6. The molecule has 0 bridgehead atoms. The number of hydrogen-bond acceptors (Lipinski definition) is 5. The minimum absolute atomic E-state index is 0.191. The molecule has 0 radical (unpaired) electrons. The molecule has 3 heterocycles. The molecule has 2 atom stereocenters. The summed E-state index contributed by atoms with van der Waals surface area (Å²) in [5.41, 5.74) is 1.88. The molecule has 0 amide bonds. The molecule has 7 heteroatoms. The molecule has 0 aliphatic carbocycles. The van der Waals surface area contributed by atoms with E-state index in [-0.39, 0.29) is 18.3 Å². The number of benzene rings is 1. The molecule has 28 heavy (non-hydrogen) atoms. The Morgan fingerprint density at radius 1 is 1.32 bits per heavy atom. The number of likely N-dealkylation sites (tertiary alicyclic amines) is 1. The average molecular weight is 387 g/mol. The Hall–Kier alpha value is -2.12. The third-order valence-electron chi connectivity index (χ3n) is 6.26. The molecule has 2 aliphatic rings. The molecule has 4 rings (SSSR count). The lowest BCUT2D eigenvalue weighted by Crippen LogP contribution is -2.48. The molecule has 1 aromatic carbocycles. The van der Waals surface area contributed by atoms with Gasteiger partial charge >= 0.3 is 5.97 Å².